The molecule has 1 unspecified atom stereocenters. The summed E-state index contributed by atoms with van der Waals surface area (Å²) < 4.78 is 4.08. The van der Waals surface area contributed by atoms with Crippen molar-refractivity contribution in [2.24, 2.45) is 5.84 Å². The summed E-state index contributed by atoms with van der Waals surface area (Å²) in [5.41, 5.74) is 4.95. The summed E-state index contributed by atoms with van der Waals surface area (Å²) in [5, 5.41) is 4.25. The molecule has 18 heavy (non-hydrogen) atoms. The van der Waals surface area contributed by atoms with Crippen LogP contribution in [0.15, 0.2) is 30.3 Å². The van der Waals surface area contributed by atoms with Gasteiger partial charge in [-0.25, -0.2) is 5.43 Å². The lowest BCUT2D eigenvalue weighted by Crippen LogP contribution is -2.30. The van der Waals surface area contributed by atoms with Crippen LogP contribution in [0.1, 0.15) is 42.9 Å². The lowest BCUT2D eigenvalue weighted by Gasteiger charge is -2.21. The molecule has 2 aromatic rings. The van der Waals surface area contributed by atoms with E-state index in [2.05, 4.69) is 47.9 Å². The van der Waals surface area contributed by atoms with Crippen molar-refractivity contribution in [3.63, 3.8) is 0 Å². The molecule has 0 radical (unpaired) electrons. The molecule has 0 saturated carbocycles. The van der Waals surface area contributed by atoms with Crippen LogP contribution in [-0.2, 0) is 5.41 Å². The molecule has 1 aromatic heterocycles. The van der Waals surface area contributed by atoms with E-state index in [1.54, 1.807) is 0 Å². The van der Waals surface area contributed by atoms with Crippen molar-refractivity contribution >= 4 is 11.5 Å². The van der Waals surface area contributed by atoms with Crippen molar-refractivity contribution in [3.05, 3.63) is 46.5 Å². The van der Waals surface area contributed by atoms with Gasteiger partial charge in [-0.2, -0.15) is 0 Å². The van der Waals surface area contributed by atoms with Gasteiger partial charge in [-0.15, -0.1) is 5.10 Å². The Morgan fingerprint density at radius 1 is 1.22 bits per heavy atom. The van der Waals surface area contributed by atoms with E-state index in [0.29, 0.717) is 0 Å². The van der Waals surface area contributed by atoms with Crippen LogP contribution in [0.5, 0.6) is 0 Å². The zero-order valence-corrected chi connectivity index (χ0v) is 11.7. The van der Waals surface area contributed by atoms with Crippen molar-refractivity contribution in [1.29, 1.82) is 0 Å². The Bertz CT molecular complexity index is 501. The minimum Gasteiger partial charge on any atom is -0.271 e. The van der Waals surface area contributed by atoms with Gasteiger partial charge in [-0.05, 0) is 17.1 Å². The molecule has 0 bridgehead atoms. The van der Waals surface area contributed by atoms with Crippen LogP contribution in [0.25, 0.3) is 0 Å². The predicted octanol–water partition coefficient (Wildman–Crippen LogP) is 2.39. The summed E-state index contributed by atoms with van der Waals surface area (Å²) in [6.45, 7) is 6.39. The number of nitrogens with one attached hydrogen (secondary N) is 1. The summed E-state index contributed by atoms with van der Waals surface area (Å²) >= 11 is 1.40. The van der Waals surface area contributed by atoms with Gasteiger partial charge >= 0.3 is 0 Å². The molecule has 3 N–H and O–H groups in total. The van der Waals surface area contributed by atoms with E-state index in [1.807, 2.05) is 18.2 Å². The molecular weight excluding hydrogens is 244 g/mol. The largest absolute Gasteiger partial charge is 0.271 e. The Morgan fingerprint density at radius 3 is 2.44 bits per heavy atom. The van der Waals surface area contributed by atoms with Gasteiger partial charge < -0.3 is 0 Å². The fourth-order valence-electron chi connectivity index (χ4n) is 1.88. The standard InChI is InChI=1S/C13H18N4S/c1-13(2,3)12-11(18-17-16-12)10(15-14)9-7-5-4-6-8-9/h4-8,10,15H,14H2,1-3H3. The topological polar surface area (TPSA) is 63.8 Å². The van der Waals surface area contributed by atoms with Gasteiger partial charge in [0.15, 0.2) is 0 Å². The second-order valence-corrected chi connectivity index (χ2v) is 6.03. The Morgan fingerprint density at radius 2 is 1.89 bits per heavy atom. The molecule has 0 aliphatic heterocycles. The predicted molar refractivity (Wildman–Crippen MR) is 74.2 cm³/mol. The van der Waals surface area contributed by atoms with Gasteiger partial charge in [0.2, 0.25) is 0 Å². The number of hydrazine groups is 1. The maximum Gasteiger partial charge on any atom is 0.0861 e. The molecule has 0 fully saturated rings. The minimum atomic E-state index is -0.0552. The molecule has 96 valence electrons. The molecule has 1 aromatic carbocycles. The Hall–Kier alpha value is -1.30. The number of aromatic nitrogens is 2. The lowest BCUT2D eigenvalue weighted by atomic mass is 9.89. The molecular formula is C13H18N4S. The van der Waals surface area contributed by atoms with Crippen LogP contribution in [-0.4, -0.2) is 9.59 Å². The average Bonchev–Trinajstić information content (AvgIpc) is 2.80. The quantitative estimate of drug-likeness (QED) is 0.658. The van der Waals surface area contributed by atoms with Crippen molar-refractivity contribution in [1.82, 2.24) is 15.0 Å². The normalized spacial score (nSPS) is 13.6. The Labute approximate surface area is 111 Å². The van der Waals surface area contributed by atoms with Crippen LogP contribution in [0, 0.1) is 0 Å². The second-order valence-electron chi connectivity index (χ2n) is 5.25. The molecule has 1 heterocycles. The molecule has 0 spiro atoms. The van der Waals surface area contributed by atoms with E-state index in [1.165, 1.54) is 11.5 Å². The van der Waals surface area contributed by atoms with E-state index in [0.717, 1.165) is 16.1 Å². The Balaban J connectivity index is 2.44. The van der Waals surface area contributed by atoms with E-state index in [9.17, 15) is 0 Å². The van der Waals surface area contributed by atoms with Crippen LogP contribution < -0.4 is 11.3 Å². The van der Waals surface area contributed by atoms with Gasteiger partial charge in [0.1, 0.15) is 0 Å². The van der Waals surface area contributed by atoms with Crippen molar-refractivity contribution < 1.29 is 0 Å². The van der Waals surface area contributed by atoms with Crippen LogP contribution >= 0.6 is 11.5 Å². The van der Waals surface area contributed by atoms with E-state index >= 15 is 0 Å². The summed E-state index contributed by atoms with van der Waals surface area (Å²) in [4.78, 5) is 1.08. The number of nitrogens with zero attached hydrogens (tertiary/aromatic N) is 2. The van der Waals surface area contributed by atoms with Gasteiger partial charge in [0, 0.05) is 5.41 Å². The highest BCUT2D eigenvalue weighted by molar-refractivity contribution is 7.05. The first-order chi connectivity index (χ1) is 8.54. The molecule has 0 aliphatic rings. The highest BCUT2D eigenvalue weighted by Gasteiger charge is 2.27. The highest BCUT2D eigenvalue weighted by Crippen LogP contribution is 2.33. The number of hydrogen-bond acceptors (Lipinski definition) is 5. The van der Waals surface area contributed by atoms with E-state index in [4.69, 9.17) is 5.84 Å². The fraction of sp³-hybridized carbons (Fsp3) is 0.385. The maximum absolute atomic E-state index is 5.71. The Kier molecular flexibility index (Phi) is 3.75. The third-order valence-electron chi connectivity index (χ3n) is 2.79. The number of hydrogen-bond donors (Lipinski definition) is 2. The third-order valence-corrected chi connectivity index (χ3v) is 3.57. The zero-order valence-electron chi connectivity index (χ0n) is 10.8. The molecule has 1 atom stereocenters. The van der Waals surface area contributed by atoms with Crippen molar-refractivity contribution in [3.8, 4) is 0 Å². The first-order valence-corrected chi connectivity index (χ1v) is 6.65. The van der Waals surface area contributed by atoms with Crippen molar-refractivity contribution in [2.75, 3.05) is 0 Å². The highest BCUT2D eigenvalue weighted by atomic mass is 32.1. The summed E-state index contributed by atoms with van der Waals surface area (Å²) in [7, 11) is 0. The summed E-state index contributed by atoms with van der Waals surface area (Å²) in [6, 6.07) is 10.1. The van der Waals surface area contributed by atoms with Gasteiger partial charge in [-0.1, -0.05) is 55.6 Å². The molecule has 0 saturated heterocycles. The maximum atomic E-state index is 5.71. The smallest absolute Gasteiger partial charge is 0.0861 e. The molecule has 5 heteroatoms. The molecule has 4 nitrogen and oxygen atoms in total. The lowest BCUT2D eigenvalue weighted by molar-refractivity contribution is 0.543. The zero-order chi connectivity index (χ0) is 13.2. The van der Waals surface area contributed by atoms with Crippen LogP contribution in [0.3, 0.4) is 0 Å². The second kappa shape index (κ2) is 5.14. The number of nitrogens with two attached hydrogens (primary N) is 1. The molecule has 0 amide bonds. The van der Waals surface area contributed by atoms with Crippen molar-refractivity contribution in [2.45, 2.75) is 32.2 Å². The van der Waals surface area contributed by atoms with Gasteiger partial charge in [0.05, 0.1) is 16.6 Å². The molecule has 2 rings (SSSR count). The fourth-order valence-corrected chi connectivity index (χ4v) is 2.83. The number of benzene rings is 1. The van der Waals surface area contributed by atoms with E-state index < -0.39 is 0 Å². The molecule has 0 aliphatic carbocycles. The van der Waals surface area contributed by atoms with Gasteiger partial charge in [0.25, 0.3) is 0 Å². The van der Waals surface area contributed by atoms with Gasteiger partial charge in [-0.3, -0.25) is 5.84 Å². The average molecular weight is 262 g/mol. The third kappa shape index (κ3) is 2.58. The summed E-state index contributed by atoms with van der Waals surface area (Å²) in [5.74, 6) is 5.71. The minimum absolute atomic E-state index is 0.0355. The van der Waals surface area contributed by atoms with Crippen LogP contribution in [0.4, 0.5) is 0 Å². The summed E-state index contributed by atoms with van der Waals surface area (Å²) in [6.07, 6.45) is 0. The first kappa shape index (κ1) is 13.1. The number of rotatable bonds is 3. The van der Waals surface area contributed by atoms with Crippen LogP contribution in [0.2, 0.25) is 0 Å². The SMILES string of the molecule is CC(C)(C)c1nnsc1C(NN)c1ccccc1. The monoisotopic (exact) mass is 262 g/mol. The van der Waals surface area contributed by atoms with E-state index in [-0.39, 0.29) is 11.5 Å². The first-order valence-electron chi connectivity index (χ1n) is 5.88.